The van der Waals surface area contributed by atoms with Crippen molar-refractivity contribution < 1.29 is 4.79 Å². The molecule has 0 saturated heterocycles. The number of nitrogens with one attached hydrogen (secondary N) is 1. The number of nitrogens with zero attached hydrogens (tertiary/aromatic N) is 1. The van der Waals surface area contributed by atoms with E-state index in [4.69, 9.17) is 17.3 Å². The third kappa shape index (κ3) is 4.36. The summed E-state index contributed by atoms with van der Waals surface area (Å²) in [6, 6.07) is 8.72. The van der Waals surface area contributed by atoms with E-state index in [1.807, 2.05) is 19.1 Å². The molecule has 7 heteroatoms. The Hall–Kier alpha value is -1.24. The second kappa shape index (κ2) is 7.15. The van der Waals surface area contributed by atoms with Crippen LogP contribution in [0.1, 0.15) is 6.92 Å². The number of aromatic nitrogens is 1. The maximum absolute atomic E-state index is 12.2. The van der Waals surface area contributed by atoms with E-state index in [1.165, 1.54) is 11.8 Å². The Labute approximate surface area is 140 Å². The van der Waals surface area contributed by atoms with Crippen LogP contribution < -0.4 is 11.1 Å². The van der Waals surface area contributed by atoms with E-state index in [0.717, 1.165) is 9.50 Å². The molecule has 21 heavy (non-hydrogen) atoms. The van der Waals surface area contributed by atoms with Crippen molar-refractivity contribution in [2.75, 3.05) is 11.1 Å². The molecule has 0 aliphatic rings. The predicted molar refractivity (Wildman–Crippen MR) is 91.8 cm³/mol. The Morgan fingerprint density at radius 3 is 2.90 bits per heavy atom. The van der Waals surface area contributed by atoms with Crippen molar-refractivity contribution in [2.24, 2.45) is 0 Å². The standard InChI is InChI=1S/C14H13BrClN3OS/c1-8(21-14-10(15)3-2-6-18-14)13(20)19-9-4-5-11(16)12(17)7-9/h2-8H,17H2,1H3,(H,19,20). The molecule has 0 radical (unpaired) electrons. The molecule has 1 amide bonds. The molecule has 0 bridgehead atoms. The molecule has 0 spiro atoms. The van der Waals surface area contributed by atoms with E-state index in [9.17, 15) is 4.79 Å². The van der Waals surface area contributed by atoms with Crippen LogP contribution in [0.3, 0.4) is 0 Å². The Kier molecular flexibility index (Phi) is 5.50. The van der Waals surface area contributed by atoms with Crippen LogP contribution in [0, 0.1) is 0 Å². The summed E-state index contributed by atoms with van der Waals surface area (Å²) in [6.45, 7) is 1.82. The van der Waals surface area contributed by atoms with Crippen molar-refractivity contribution in [3.8, 4) is 0 Å². The minimum atomic E-state index is -0.298. The number of hydrogen-bond acceptors (Lipinski definition) is 4. The van der Waals surface area contributed by atoms with Crippen LogP contribution in [0.5, 0.6) is 0 Å². The first-order valence-electron chi connectivity index (χ1n) is 6.10. The van der Waals surface area contributed by atoms with Crippen molar-refractivity contribution in [3.05, 3.63) is 46.0 Å². The molecule has 2 rings (SSSR count). The zero-order chi connectivity index (χ0) is 15.4. The fourth-order valence-electron chi connectivity index (χ4n) is 1.54. The lowest BCUT2D eigenvalue weighted by atomic mass is 10.2. The monoisotopic (exact) mass is 385 g/mol. The number of benzene rings is 1. The molecule has 0 saturated carbocycles. The normalized spacial score (nSPS) is 12.0. The highest BCUT2D eigenvalue weighted by Gasteiger charge is 2.17. The zero-order valence-corrected chi connectivity index (χ0v) is 14.3. The van der Waals surface area contributed by atoms with Crippen LogP contribution >= 0.6 is 39.3 Å². The molecule has 0 aliphatic carbocycles. The van der Waals surface area contributed by atoms with Crippen LogP contribution in [0.25, 0.3) is 0 Å². The average molecular weight is 387 g/mol. The van der Waals surface area contributed by atoms with E-state index in [-0.39, 0.29) is 11.2 Å². The highest BCUT2D eigenvalue weighted by Crippen LogP contribution is 2.29. The molecule has 2 aromatic rings. The maximum atomic E-state index is 12.2. The third-order valence-corrected chi connectivity index (χ3v) is 5.01. The highest BCUT2D eigenvalue weighted by atomic mass is 79.9. The predicted octanol–water partition coefficient (Wildman–Crippen LogP) is 4.20. The number of anilines is 2. The van der Waals surface area contributed by atoms with Gasteiger partial charge in [-0.05, 0) is 53.2 Å². The van der Waals surface area contributed by atoms with E-state index in [2.05, 4.69) is 26.2 Å². The van der Waals surface area contributed by atoms with Crippen LogP contribution in [0.15, 0.2) is 46.0 Å². The quantitative estimate of drug-likeness (QED) is 0.610. The average Bonchev–Trinajstić information content (AvgIpc) is 2.45. The first kappa shape index (κ1) is 16.1. The topological polar surface area (TPSA) is 68.0 Å². The lowest BCUT2D eigenvalue weighted by Gasteiger charge is -2.12. The fraction of sp³-hybridized carbons (Fsp3) is 0.143. The lowest BCUT2D eigenvalue weighted by Crippen LogP contribution is -2.22. The Bertz CT molecular complexity index is 668. The van der Waals surface area contributed by atoms with Gasteiger partial charge in [-0.15, -0.1) is 0 Å². The number of carbonyl (C=O) groups excluding carboxylic acids is 1. The summed E-state index contributed by atoms with van der Waals surface area (Å²) in [6.07, 6.45) is 1.69. The molecule has 1 heterocycles. The molecule has 3 N–H and O–H groups in total. The molecule has 0 aliphatic heterocycles. The Morgan fingerprint density at radius 1 is 1.48 bits per heavy atom. The minimum absolute atomic E-state index is 0.126. The number of halogens is 2. The lowest BCUT2D eigenvalue weighted by molar-refractivity contribution is -0.115. The van der Waals surface area contributed by atoms with Gasteiger partial charge in [0.15, 0.2) is 0 Å². The number of carbonyl (C=O) groups is 1. The van der Waals surface area contributed by atoms with Crippen LogP contribution in [-0.4, -0.2) is 16.1 Å². The summed E-state index contributed by atoms with van der Waals surface area (Å²) in [5.41, 5.74) is 6.76. The van der Waals surface area contributed by atoms with Gasteiger partial charge in [-0.2, -0.15) is 0 Å². The van der Waals surface area contributed by atoms with Crippen LogP contribution in [-0.2, 0) is 4.79 Å². The van der Waals surface area contributed by atoms with Gasteiger partial charge in [-0.3, -0.25) is 4.79 Å². The van der Waals surface area contributed by atoms with Gasteiger partial charge in [0.05, 0.1) is 16.0 Å². The number of nitrogens with two attached hydrogens (primary N) is 1. The number of hydrogen-bond donors (Lipinski definition) is 2. The van der Waals surface area contributed by atoms with E-state index >= 15 is 0 Å². The van der Waals surface area contributed by atoms with Gasteiger partial charge in [0.1, 0.15) is 5.03 Å². The van der Waals surface area contributed by atoms with Crippen molar-refractivity contribution in [1.29, 1.82) is 0 Å². The largest absolute Gasteiger partial charge is 0.397 e. The minimum Gasteiger partial charge on any atom is -0.397 e. The molecule has 4 nitrogen and oxygen atoms in total. The maximum Gasteiger partial charge on any atom is 0.237 e. The van der Waals surface area contributed by atoms with E-state index in [1.54, 1.807) is 24.4 Å². The van der Waals surface area contributed by atoms with Crippen molar-refractivity contribution >= 4 is 56.6 Å². The second-order valence-electron chi connectivity index (χ2n) is 4.28. The molecular formula is C14H13BrClN3OS. The number of pyridine rings is 1. The van der Waals surface area contributed by atoms with Crippen LogP contribution in [0.2, 0.25) is 5.02 Å². The van der Waals surface area contributed by atoms with Crippen LogP contribution in [0.4, 0.5) is 11.4 Å². The van der Waals surface area contributed by atoms with Gasteiger partial charge in [-0.1, -0.05) is 23.4 Å². The van der Waals surface area contributed by atoms with Gasteiger partial charge in [0, 0.05) is 16.4 Å². The highest BCUT2D eigenvalue weighted by molar-refractivity contribution is 9.10. The Morgan fingerprint density at radius 2 is 2.24 bits per heavy atom. The number of rotatable bonds is 4. The summed E-state index contributed by atoms with van der Waals surface area (Å²) in [7, 11) is 0. The van der Waals surface area contributed by atoms with Gasteiger partial charge >= 0.3 is 0 Å². The molecule has 1 unspecified atom stereocenters. The summed E-state index contributed by atoms with van der Waals surface area (Å²) in [5, 5.41) is 3.75. The number of nitrogen functional groups attached to an aromatic ring is 1. The SMILES string of the molecule is CC(Sc1ncccc1Br)C(=O)Nc1ccc(Cl)c(N)c1. The van der Waals surface area contributed by atoms with E-state index in [0.29, 0.717) is 16.4 Å². The number of amides is 1. The van der Waals surface area contributed by atoms with Crippen molar-refractivity contribution in [3.63, 3.8) is 0 Å². The second-order valence-corrected chi connectivity index (χ2v) is 6.87. The van der Waals surface area contributed by atoms with E-state index < -0.39 is 0 Å². The third-order valence-electron chi connectivity index (χ3n) is 2.65. The van der Waals surface area contributed by atoms with Gasteiger partial charge < -0.3 is 11.1 Å². The molecule has 1 atom stereocenters. The smallest absolute Gasteiger partial charge is 0.237 e. The molecule has 0 fully saturated rings. The number of thioether (sulfide) groups is 1. The summed E-state index contributed by atoms with van der Waals surface area (Å²) >= 11 is 10.6. The summed E-state index contributed by atoms with van der Waals surface area (Å²) in [4.78, 5) is 16.4. The van der Waals surface area contributed by atoms with Gasteiger partial charge in [0.25, 0.3) is 0 Å². The summed E-state index contributed by atoms with van der Waals surface area (Å²) in [5.74, 6) is -0.126. The summed E-state index contributed by atoms with van der Waals surface area (Å²) < 4.78 is 0.866. The Balaban J connectivity index is 2.02. The fourth-order valence-corrected chi connectivity index (χ4v) is 3.00. The molecule has 1 aromatic heterocycles. The zero-order valence-electron chi connectivity index (χ0n) is 11.1. The van der Waals surface area contributed by atoms with Gasteiger partial charge in [0.2, 0.25) is 5.91 Å². The first-order chi connectivity index (χ1) is 9.97. The first-order valence-corrected chi connectivity index (χ1v) is 8.15. The van der Waals surface area contributed by atoms with Crippen molar-refractivity contribution in [2.45, 2.75) is 17.2 Å². The molecular weight excluding hydrogens is 374 g/mol. The molecule has 110 valence electrons. The van der Waals surface area contributed by atoms with Crippen molar-refractivity contribution in [1.82, 2.24) is 4.98 Å². The van der Waals surface area contributed by atoms with Gasteiger partial charge in [-0.25, -0.2) is 4.98 Å². The molecule has 1 aromatic carbocycles.